The molecule has 28 heavy (non-hydrogen) atoms. The summed E-state index contributed by atoms with van der Waals surface area (Å²) in [5, 5.41) is 0. The molecule has 0 radical (unpaired) electrons. The van der Waals surface area contributed by atoms with Crippen molar-refractivity contribution in [2.75, 3.05) is 13.7 Å². The molecule has 6 nitrogen and oxygen atoms in total. The Kier molecular flexibility index (Phi) is 3.19. The summed E-state index contributed by atoms with van der Waals surface area (Å²) in [7, 11) is 1.57. The van der Waals surface area contributed by atoms with Crippen LogP contribution in [0, 0.1) is 17.8 Å². The van der Waals surface area contributed by atoms with Crippen LogP contribution in [0.5, 0.6) is 0 Å². The molecule has 0 saturated carbocycles. The zero-order valence-electron chi connectivity index (χ0n) is 16.9. The predicted octanol–water partition coefficient (Wildman–Crippen LogP) is 2.87. The Balaban J connectivity index is 1.49. The van der Waals surface area contributed by atoms with Gasteiger partial charge in [0.1, 0.15) is 5.76 Å². The second kappa shape index (κ2) is 5.22. The molecule has 1 spiro atoms. The van der Waals surface area contributed by atoms with Gasteiger partial charge in [0, 0.05) is 18.5 Å². The van der Waals surface area contributed by atoms with E-state index in [1.807, 2.05) is 0 Å². The fourth-order valence-electron chi connectivity index (χ4n) is 7.22. The van der Waals surface area contributed by atoms with Crippen LogP contribution in [0.3, 0.4) is 0 Å². The predicted molar refractivity (Wildman–Crippen MR) is 99.6 cm³/mol. The Morgan fingerprint density at radius 3 is 2.96 bits per heavy atom. The molecule has 0 aromatic rings. The molecule has 0 amide bonds. The highest BCUT2D eigenvalue weighted by molar-refractivity contribution is 5.93. The lowest BCUT2D eigenvalue weighted by Crippen LogP contribution is -2.60. The molecule has 6 rings (SSSR count). The summed E-state index contributed by atoms with van der Waals surface area (Å²) >= 11 is 0. The van der Waals surface area contributed by atoms with E-state index in [-0.39, 0.29) is 29.4 Å². The molecule has 0 N–H and O–H groups in total. The van der Waals surface area contributed by atoms with Crippen LogP contribution in [-0.2, 0) is 23.7 Å². The van der Waals surface area contributed by atoms with Gasteiger partial charge in [-0.2, -0.15) is 0 Å². The molecule has 6 aliphatic rings. The largest absolute Gasteiger partial charge is 0.492 e. The second-order valence-electron chi connectivity index (χ2n) is 9.02. The highest BCUT2D eigenvalue weighted by Gasteiger charge is 2.83. The van der Waals surface area contributed by atoms with E-state index < -0.39 is 5.79 Å². The standard InChI is InChI=1S/C22H27NO5/c1-5-6-8-21-14-7-9-23(21)13-10-15(21)27-22(14)16(13)11(2)18(28-22)19-17(25-4)12(3)20(24)26-19/h6,8,11,13-16H,5,7,9-10H2,1-4H3/b8-6+,19-18-/t11-,13?,14?,15?,16?,21?,22?/m0/s1. The first kappa shape index (κ1) is 17.1. The van der Waals surface area contributed by atoms with Crippen molar-refractivity contribution in [3.63, 3.8) is 0 Å². The lowest BCUT2D eigenvalue weighted by molar-refractivity contribution is -0.255. The zero-order valence-corrected chi connectivity index (χ0v) is 16.9. The van der Waals surface area contributed by atoms with E-state index in [0.717, 1.165) is 31.6 Å². The van der Waals surface area contributed by atoms with E-state index in [1.165, 1.54) is 0 Å². The summed E-state index contributed by atoms with van der Waals surface area (Å²) in [5.74, 6) is 1.38. The van der Waals surface area contributed by atoms with Gasteiger partial charge in [-0.1, -0.05) is 26.0 Å². The van der Waals surface area contributed by atoms with E-state index in [4.69, 9.17) is 18.9 Å². The first-order chi connectivity index (χ1) is 13.5. The van der Waals surface area contributed by atoms with Crippen molar-refractivity contribution in [1.82, 2.24) is 4.90 Å². The molecule has 0 aromatic heterocycles. The number of hydrogen-bond donors (Lipinski definition) is 0. The van der Waals surface area contributed by atoms with Crippen molar-refractivity contribution in [3.05, 3.63) is 35.0 Å². The molecule has 5 fully saturated rings. The molecule has 6 heteroatoms. The summed E-state index contributed by atoms with van der Waals surface area (Å²) in [4.78, 5) is 14.9. The number of ether oxygens (including phenoxy) is 4. The number of carbonyl (C=O) groups is 1. The van der Waals surface area contributed by atoms with Gasteiger partial charge >= 0.3 is 5.97 Å². The number of hydrogen-bond acceptors (Lipinski definition) is 6. The minimum atomic E-state index is -0.609. The van der Waals surface area contributed by atoms with Crippen LogP contribution in [0.2, 0.25) is 0 Å². The van der Waals surface area contributed by atoms with Gasteiger partial charge in [0.15, 0.2) is 5.76 Å². The van der Waals surface area contributed by atoms with Gasteiger partial charge in [-0.3, -0.25) is 4.90 Å². The van der Waals surface area contributed by atoms with Crippen LogP contribution in [0.1, 0.15) is 40.0 Å². The Bertz CT molecular complexity index is 874. The number of allylic oxidation sites excluding steroid dienone is 2. The first-order valence-corrected chi connectivity index (χ1v) is 10.5. The van der Waals surface area contributed by atoms with E-state index in [9.17, 15) is 4.79 Å². The van der Waals surface area contributed by atoms with Crippen LogP contribution >= 0.6 is 0 Å². The fraction of sp³-hybridized carbons (Fsp3) is 0.682. The van der Waals surface area contributed by atoms with Gasteiger partial charge in [0.05, 0.1) is 36.2 Å². The summed E-state index contributed by atoms with van der Waals surface area (Å²) in [5.41, 5.74) is 0.467. The molecular formula is C22H27NO5. The number of rotatable bonds is 3. The van der Waals surface area contributed by atoms with Crippen molar-refractivity contribution in [2.45, 2.75) is 63.5 Å². The topological polar surface area (TPSA) is 57.2 Å². The summed E-state index contributed by atoms with van der Waals surface area (Å²) < 4.78 is 24.5. The monoisotopic (exact) mass is 385 g/mol. The molecule has 0 aliphatic carbocycles. The van der Waals surface area contributed by atoms with Gasteiger partial charge in [-0.25, -0.2) is 4.79 Å². The Morgan fingerprint density at radius 1 is 1.39 bits per heavy atom. The number of piperidine rings is 1. The molecule has 8 atom stereocenters. The fourth-order valence-corrected chi connectivity index (χ4v) is 7.22. The highest BCUT2D eigenvalue weighted by Crippen LogP contribution is 2.72. The average molecular weight is 385 g/mol. The highest BCUT2D eigenvalue weighted by atomic mass is 16.7. The summed E-state index contributed by atoms with van der Waals surface area (Å²) in [6, 6.07) is 0.445. The molecule has 150 valence electrons. The van der Waals surface area contributed by atoms with Gasteiger partial charge in [0.2, 0.25) is 11.5 Å². The van der Waals surface area contributed by atoms with Gasteiger partial charge in [-0.15, -0.1) is 0 Å². The van der Waals surface area contributed by atoms with Crippen molar-refractivity contribution in [3.8, 4) is 0 Å². The molecule has 5 saturated heterocycles. The average Bonchev–Trinajstić information content (AvgIpc) is 3.38. The maximum absolute atomic E-state index is 12.2. The second-order valence-corrected chi connectivity index (χ2v) is 9.02. The summed E-state index contributed by atoms with van der Waals surface area (Å²) in [6.45, 7) is 7.21. The maximum atomic E-state index is 12.2. The number of fused-ring (bicyclic) bond motifs is 1. The maximum Gasteiger partial charge on any atom is 0.343 e. The first-order valence-electron chi connectivity index (χ1n) is 10.5. The smallest absolute Gasteiger partial charge is 0.343 e. The van der Waals surface area contributed by atoms with Crippen molar-refractivity contribution >= 4 is 5.97 Å². The van der Waals surface area contributed by atoms with Crippen molar-refractivity contribution in [1.29, 1.82) is 0 Å². The van der Waals surface area contributed by atoms with Crippen LogP contribution in [-0.4, -0.2) is 48.0 Å². The lowest BCUT2D eigenvalue weighted by Gasteiger charge is -2.47. The number of esters is 1. The normalized spacial score (nSPS) is 52.8. The van der Waals surface area contributed by atoms with E-state index >= 15 is 0 Å². The van der Waals surface area contributed by atoms with Crippen LogP contribution < -0.4 is 0 Å². The SMILES string of the molecule is CC/C=C/C12C3CC4C5[C@H](C)/C(=C6/OC(=O)C(C)=C6OC)OC5(O3)C1CCN42. The Labute approximate surface area is 165 Å². The summed E-state index contributed by atoms with van der Waals surface area (Å²) in [6.07, 6.45) is 8.04. The lowest BCUT2D eigenvalue weighted by atomic mass is 9.71. The van der Waals surface area contributed by atoms with E-state index in [2.05, 4.69) is 30.9 Å². The quantitative estimate of drug-likeness (QED) is 0.550. The Morgan fingerprint density at radius 2 is 2.21 bits per heavy atom. The number of nitrogens with zero attached hydrogens (tertiary/aromatic N) is 1. The zero-order chi connectivity index (χ0) is 19.4. The van der Waals surface area contributed by atoms with Crippen LogP contribution in [0.15, 0.2) is 35.0 Å². The third-order valence-electron chi connectivity index (χ3n) is 8.10. The Hall–Kier alpha value is -1.79. The minimum Gasteiger partial charge on any atom is -0.492 e. The molecule has 7 unspecified atom stereocenters. The van der Waals surface area contributed by atoms with Crippen molar-refractivity contribution in [2.24, 2.45) is 17.8 Å². The van der Waals surface area contributed by atoms with E-state index in [1.54, 1.807) is 14.0 Å². The number of methoxy groups -OCH3 is 1. The van der Waals surface area contributed by atoms with Crippen LogP contribution in [0.25, 0.3) is 0 Å². The molecule has 6 heterocycles. The third-order valence-corrected chi connectivity index (χ3v) is 8.10. The van der Waals surface area contributed by atoms with Gasteiger partial charge in [0.25, 0.3) is 0 Å². The number of carbonyl (C=O) groups excluding carboxylic acids is 1. The van der Waals surface area contributed by atoms with Crippen LogP contribution in [0.4, 0.5) is 0 Å². The molecular weight excluding hydrogens is 358 g/mol. The number of cyclic esters (lactones) is 1. The van der Waals surface area contributed by atoms with Crippen molar-refractivity contribution < 1.29 is 23.7 Å². The molecule has 5 bridgehead atoms. The molecule has 6 aliphatic heterocycles. The van der Waals surface area contributed by atoms with E-state index in [0.29, 0.717) is 29.1 Å². The van der Waals surface area contributed by atoms with Gasteiger partial charge < -0.3 is 18.9 Å². The van der Waals surface area contributed by atoms with Gasteiger partial charge in [-0.05, 0) is 26.2 Å². The third kappa shape index (κ3) is 1.60. The minimum absolute atomic E-state index is 0.0286. The molecule has 0 aromatic carbocycles.